The van der Waals surface area contributed by atoms with Crippen LogP contribution in [0, 0.1) is 0 Å². The van der Waals surface area contributed by atoms with Gasteiger partial charge in [-0.2, -0.15) is 0 Å². The van der Waals surface area contributed by atoms with Crippen molar-refractivity contribution in [2.24, 2.45) is 5.16 Å². The third kappa shape index (κ3) is 4.24. The Morgan fingerprint density at radius 3 is 2.74 bits per heavy atom. The fraction of sp³-hybridized carbons (Fsp3) is 0.421. The number of Topliss-reactive ketones (excluding diaryl/α,β-unsaturated/α-hetero) is 1. The molecule has 0 aromatic carbocycles. The monoisotopic (exact) mass is 406 g/mol. The SMILES string of the molecule is COC1(c2csc(Sc3ccc(C(C)=NO)c(C(C)=O)n3)c2)CCOCC1. The molecule has 0 atom stereocenters. The summed E-state index contributed by atoms with van der Waals surface area (Å²) in [4.78, 5) is 16.4. The van der Waals surface area contributed by atoms with Gasteiger partial charge in [0.05, 0.1) is 15.5 Å². The second-order valence-corrected chi connectivity index (χ2v) is 8.59. The van der Waals surface area contributed by atoms with Crippen molar-refractivity contribution in [3.05, 3.63) is 40.4 Å². The van der Waals surface area contributed by atoms with Gasteiger partial charge in [-0.15, -0.1) is 11.3 Å². The number of carbonyl (C=O) groups excluding carboxylic acids is 1. The summed E-state index contributed by atoms with van der Waals surface area (Å²) in [6.07, 6.45) is 1.68. The molecule has 0 radical (unpaired) electrons. The molecule has 27 heavy (non-hydrogen) atoms. The van der Waals surface area contributed by atoms with Crippen LogP contribution in [0.1, 0.15) is 48.3 Å². The number of thiophene rings is 1. The minimum atomic E-state index is -0.288. The lowest BCUT2D eigenvalue weighted by Gasteiger charge is -2.35. The van der Waals surface area contributed by atoms with E-state index in [2.05, 4.69) is 21.6 Å². The lowest BCUT2D eigenvalue weighted by Crippen LogP contribution is -2.35. The maximum Gasteiger partial charge on any atom is 0.178 e. The molecule has 3 heterocycles. The third-order valence-electron chi connectivity index (χ3n) is 4.74. The molecule has 0 aliphatic carbocycles. The van der Waals surface area contributed by atoms with Gasteiger partial charge < -0.3 is 14.7 Å². The molecular formula is C19H22N2O4S2. The highest BCUT2D eigenvalue weighted by atomic mass is 32.2. The third-order valence-corrected chi connectivity index (χ3v) is 6.76. The predicted octanol–water partition coefficient (Wildman–Crippen LogP) is 4.35. The summed E-state index contributed by atoms with van der Waals surface area (Å²) in [5.74, 6) is -0.164. The van der Waals surface area contributed by atoms with Crippen molar-refractivity contribution in [1.29, 1.82) is 0 Å². The second kappa shape index (κ2) is 8.52. The standard InChI is InChI=1S/C19H22N2O4S2/c1-12(21-23)15-4-5-16(20-18(15)13(2)22)27-17-10-14(11-26-17)19(24-3)6-8-25-9-7-19/h4-5,10-11,23H,6-9H2,1-3H3. The Labute approximate surface area is 166 Å². The van der Waals surface area contributed by atoms with Crippen LogP contribution in [0.15, 0.2) is 38.0 Å². The quantitative estimate of drug-likeness (QED) is 0.332. The zero-order valence-electron chi connectivity index (χ0n) is 15.5. The molecule has 0 amide bonds. The van der Waals surface area contributed by atoms with Gasteiger partial charge >= 0.3 is 0 Å². The summed E-state index contributed by atoms with van der Waals surface area (Å²) in [5, 5.41) is 15.0. The smallest absolute Gasteiger partial charge is 0.178 e. The van der Waals surface area contributed by atoms with Crippen LogP contribution in [-0.2, 0) is 15.1 Å². The lowest BCUT2D eigenvalue weighted by atomic mass is 9.88. The van der Waals surface area contributed by atoms with E-state index in [0.29, 0.717) is 30.2 Å². The van der Waals surface area contributed by atoms with Gasteiger partial charge in [-0.1, -0.05) is 16.9 Å². The zero-order valence-corrected chi connectivity index (χ0v) is 17.2. The normalized spacial score (nSPS) is 17.1. The number of pyridine rings is 1. The van der Waals surface area contributed by atoms with E-state index in [1.165, 1.54) is 18.7 Å². The Morgan fingerprint density at radius 2 is 2.11 bits per heavy atom. The van der Waals surface area contributed by atoms with E-state index >= 15 is 0 Å². The number of hydrogen-bond donors (Lipinski definition) is 1. The number of rotatable bonds is 6. The molecule has 1 aliphatic rings. The number of methoxy groups -OCH3 is 1. The summed E-state index contributed by atoms with van der Waals surface area (Å²) >= 11 is 3.14. The number of nitrogens with zero attached hydrogens (tertiary/aromatic N) is 2. The molecule has 0 spiro atoms. The molecule has 2 aromatic rings. The number of hydrogen-bond acceptors (Lipinski definition) is 8. The fourth-order valence-electron chi connectivity index (χ4n) is 3.14. The first-order valence-electron chi connectivity index (χ1n) is 8.60. The summed E-state index contributed by atoms with van der Waals surface area (Å²) in [6.45, 7) is 4.49. The molecule has 0 saturated carbocycles. The number of ether oxygens (including phenoxy) is 2. The number of oxime groups is 1. The van der Waals surface area contributed by atoms with Crippen molar-refractivity contribution in [3.8, 4) is 0 Å². The molecule has 144 valence electrons. The predicted molar refractivity (Wildman–Crippen MR) is 105 cm³/mol. The highest BCUT2D eigenvalue weighted by molar-refractivity contribution is 8.01. The van der Waals surface area contributed by atoms with Gasteiger partial charge in [0.1, 0.15) is 10.7 Å². The van der Waals surface area contributed by atoms with E-state index in [1.807, 2.05) is 6.07 Å². The molecule has 0 unspecified atom stereocenters. The summed E-state index contributed by atoms with van der Waals surface area (Å²) < 4.78 is 12.4. The van der Waals surface area contributed by atoms with E-state index in [4.69, 9.17) is 14.7 Å². The van der Waals surface area contributed by atoms with Crippen molar-refractivity contribution in [2.45, 2.75) is 41.5 Å². The number of carbonyl (C=O) groups is 1. The fourth-order valence-corrected chi connectivity index (χ4v) is 5.12. The summed E-state index contributed by atoms with van der Waals surface area (Å²) in [5.41, 5.74) is 2.09. The zero-order chi connectivity index (χ0) is 19.4. The van der Waals surface area contributed by atoms with E-state index in [9.17, 15) is 4.79 Å². The van der Waals surface area contributed by atoms with Crippen LogP contribution < -0.4 is 0 Å². The van der Waals surface area contributed by atoms with Crippen molar-refractivity contribution in [3.63, 3.8) is 0 Å². The van der Waals surface area contributed by atoms with Gasteiger partial charge in [0.25, 0.3) is 0 Å². The minimum Gasteiger partial charge on any atom is -0.411 e. The van der Waals surface area contributed by atoms with Crippen LogP contribution in [0.4, 0.5) is 0 Å². The average molecular weight is 407 g/mol. The first-order valence-corrected chi connectivity index (χ1v) is 10.3. The van der Waals surface area contributed by atoms with Crippen molar-refractivity contribution in [1.82, 2.24) is 4.98 Å². The molecule has 8 heteroatoms. The van der Waals surface area contributed by atoms with E-state index < -0.39 is 0 Å². The van der Waals surface area contributed by atoms with E-state index in [0.717, 1.165) is 27.6 Å². The first-order chi connectivity index (χ1) is 13.0. The topological polar surface area (TPSA) is 81.0 Å². The minimum absolute atomic E-state index is 0.164. The highest BCUT2D eigenvalue weighted by Gasteiger charge is 2.35. The van der Waals surface area contributed by atoms with Gasteiger partial charge in [0, 0.05) is 45.7 Å². The van der Waals surface area contributed by atoms with Crippen molar-refractivity contribution >= 4 is 34.6 Å². The Morgan fingerprint density at radius 1 is 1.37 bits per heavy atom. The van der Waals surface area contributed by atoms with Crippen LogP contribution in [0.25, 0.3) is 0 Å². The van der Waals surface area contributed by atoms with Crippen LogP contribution in [0.5, 0.6) is 0 Å². The molecule has 3 rings (SSSR count). The van der Waals surface area contributed by atoms with Gasteiger partial charge in [-0.25, -0.2) is 4.98 Å². The van der Waals surface area contributed by atoms with Crippen LogP contribution in [0.2, 0.25) is 0 Å². The molecule has 6 nitrogen and oxygen atoms in total. The Bertz CT molecular complexity index is 857. The van der Waals surface area contributed by atoms with Gasteiger partial charge in [0.2, 0.25) is 0 Å². The number of ketones is 1. The Kier molecular flexibility index (Phi) is 6.31. The Hall–Kier alpha value is -1.74. The molecule has 1 aliphatic heterocycles. The molecule has 2 aromatic heterocycles. The van der Waals surface area contributed by atoms with Gasteiger partial charge in [0.15, 0.2) is 5.78 Å². The molecule has 0 bridgehead atoms. The molecular weight excluding hydrogens is 384 g/mol. The highest BCUT2D eigenvalue weighted by Crippen LogP contribution is 2.41. The van der Waals surface area contributed by atoms with E-state index in [-0.39, 0.29) is 11.4 Å². The first kappa shape index (κ1) is 20.0. The van der Waals surface area contributed by atoms with Crippen molar-refractivity contribution in [2.75, 3.05) is 20.3 Å². The summed E-state index contributed by atoms with van der Waals surface area (Å²) in [6, 6.07) is 5.74. The maximum atomic E-state index is 11.9. The second-order valence-electron chi connectivity index (χ2n) is 6.35. The number of aromatic nitrogens is 1. The van der Waals surface area contributed by atoms with Crippen LogP contribution in [0.3, 0.4) is 0 Å². The van der Waals surface area contributed by atoms with E-state index in [1.54, 1.807) is 31.4 Å². The Balaban J connectivity index is 1.85. The molecule has 1 N–H and O–H groups in total. The largest absolute Gasteiger partial charge is 0.411 e. The molecule has 1 saturated heterocycles. The average Bonchev–Trinajstić information content (AvgIpc) is 3.17. The van der Waals surface area contributed by atoms with Gasteiger partial charge in [-0.3, -0.25) is 4.79 Å². The van der Waals surface area contributed by atoms with Crippen LogP contribution >= 0.6 is 23.1 Å². The summed E-state index contributed by atoms with van der Waals surface area (Å²) in [7, 11) is 1.75. The van der Waals surface area contributed by atoms with Crippen molar-refractivity contribution < 1.29 is 19.5 Å². The lowest BCUT2D eigenvalue weighted by molar-refractivity contribution is -0.0946. The van der Waals surface area contributed by atoms with Gasteiger partial charge in [-0.05, 0) is 36.1 Å². The van der Waals surface area contributed by atoms with Crippen LogP contribution in [-0.4, -0.2) is 42.0 Å². The molecule has 1 fully saturated rings. The maximum absolute atomic E-state index is 11.9.